The first-order valence-corrected chi connectivity index (χ1v) is 7.56. The topological polar surface area (TPSA) is 110 Å². The van der Waals surface area contributed by atoms with E-state index in [1.54, 1.807) is 9.58 Å². The number of nitrogens with zero attached hydrogens (tertiary/aromatic N) is 4. The van der Waals surface area contributed by atoms with Crippen molar-refractivity contribution in [3.8, 4) is 0 Å². The Balaban J connectivity index is 1.84. The number of rotatable bonds is 2. The minimum Gasteiger partial charge on any atom is -0.369 e. The highest BCUT2D eigenvalue weighted by Gasteiger charge is 2.28. The normalized spacial score (nSPS) is 15.3. The average molecular weight is 316 g/mol. The van der Waals surface area contributed by atoms with E-state index in [1.165, 1.54) is 0 Å². The fraction of sp³-hybridized carbons (Fsp3) is 0.467. The molecular formula is C15H20N6O2. The minimum atomic E-state index is -0.399. The first kappa shape index (κ1) is 15.3. The fourth-order valence-corrected chi connectivity index (χ4v) is 3.05. The van der Waals surface area contributed by atoms with Crippen LogP contribution in [0.25, 0.3) is 0 Å². The molecule has 0 aliphatic carbocycles. The standard InChI is InChI=1S/C15H20N6O2/c1-8-6-9(2)21(19-8)10(3)14(23)20-5-4-11-12(7-20)17-15(16)18-13(11)22/h6,10H,4-5,7H2,1-3H3,(H3,16,17,18,22)/t10-/m1/s1. The molecule has 8 nitrogen and oxygen atoms in total. The second kappa shape index (κ2) is 5.53. The van der Waals surface area contributed by atoms with Gasteiger partial charge in [-0.25, -0.2) is 4.98 Å². The summed E-state index contributed by atoms with van der Waals surface area (Å²) in [7, 11) is 0. The van der Waals surface area contributed by atoms with Crippen LogP contribution in [0.5, 0.6) is 0 Å². The highest BCUT2D eigenvalue weighted by atomic mass is 16.2. The summed E-state index contributed by atoms with van der Waals surface area (Å²) in [5, 5.41) is 4.38. The van der Waals surface area contributed by atoms with Crippen molar-refractivity contribution in [2.24, 2.45) is 0 Å². The largest absolute Gasteiger partial charge is 0.369 e. The summed E-state index contributed by atoms with van der Waals surface area (Å²) in [4.78, 5) is 33.0. The molecule has 3 N–H and O–H groups in total. The van der Waals surface area contributed by atoms with Gasteiger partial charge in [0, 0.05) is 17.8 Å². The van der Waals surface area contributed by atoms with Crippen LogP contribution in [-0.2, 0) is 17.8 Å². The number of aromatic nitrogens is 4. The molecule has 0 saturated carbocycles. The van der Waals surface area contributed by atoms with E-state index in [0.29, 0.717) is 30.8 Å². The number of H-pyrrole nitrogens is 1. The number of amides is 1. The van der Waals surface area contributed by atoms with Crippen LogP contribution in [0.2, 0.25) is 0 Å². The number of carbonyl (C=O) groups excluding carboxylic acids is 1. The van der Waals surface area contributed by atoms with Crippen molar-refractivity contribution >= 4 is 11.9 Å². The molecule has 0 aromatic carbocycles. The zero-order chi connectivity index (χ0) is 16.7. The molecule has 3 heterocycles. The lowest BCUT2D eigenvalue weighted by molar-refractivity contribution is -0.135. The number of nitrogen functional groups attached to an aromatic ring is 1. The maximum atomic E-state index is 12.8. The summed E-state index contributed by atoms with van der Waals surface area (Å²) in [6.45, 7) is 6.45. The van der Waals surface area contributed by atoms with Crippen molar-refractivity contribution in [2.45, 2.75) is 39.8 Å². The predicted octanol–water partition coefficient (Wildman–Crippen LogP) is 0.311. The van der Waals surface area contributed by atoms with Gasteiger partial charge in [-0.15, -0.1) is 0 Å². The molecule has 3 rings (SSSR count). The zero-order valence-corrected chi connectivity index (χ0v) is 13.5. The van der Waals surface area contributed by atoms with Crippen molar-refractivity contribution in [2.75, 3.05) is 12.3 Å². The van der Waals surface area contributed by atoms with Gasteiger partial charge in [0.1, 0.15) is 6.04 Å². The van der Waals surface area contributed by atoms with Crippen LogP contribution in [0.1, 0.15) is 35.6 Å². The van der Waals surface area contributed by atoms with Crippen LogP contribution in [0.3, 0.4) is 0 Å². The first-order valence-electron chi connectivity index (χ1n) is 7.56. The van der Waals surface area contributed by atoms with Crippen LogP contribution in [-0.4, -0.2) is 37.1 Å². The number of anilines is 1. The molecule has 1 aliphatic rings. The van der Waals surface area contributed by atoms with E-state index in [9.17, 15) is 9.59 Å². The molecule has 2 aromatic heterocycles. The van der Waals surface area contributed by atoms with Crippen LogP contribution < -0.4 is 11.3 Å². The predicted molar refractivity (Wildman–Crippen MR) is 84.8 cm³/mol. The lowest BCUT2D eigenvalue weighted by atomic mass is 10.1. The number of carbonyl (C=O) groups is 1. The van der Waals surface area contributed by atoms with E-state index < -0.39 is 6.04 Å². The van der Waals surface area contributed by atoms with Gasteiger partial charge >= 0.3 is 0 Å². The molecule has 0 saturated heterocycles. The number of aryl methyl sites for hydroxylation is 2. The van der Waals surface area contributed by atoms with E-state index in [-0.39, 0.29) is 17.4 Å². The Morgan fingerprint density at radius 2 is 2.17 bits per heavy atom. The second-order valence-electron chi connectivity index (χ2n) is 5.93. The molecule has 8 heteroatoms. The summed E-state index contributed by atoms with van der Waals surface area (Å²) < 4.78 is 1.73. The van der Waals surface area contributed by atoms with Crippen molar-refractivity contribution in [1.29, 1.82) is 0 Å². The number of nitrogens with two attached hydrogens (primary N) is 1. The number of fused-ring (bicyclic) bond motifs is 1. The van der Waals surface area contributed by atoms with Crippen LogP contribution in [0.15, 0.2) is 10.9 Å². The monoisotopic (exact) mass is 316 g/mol. The number of hydrogen-bond donors (Lipinski definition) is 2. The third-order valence-corrected chi connectivity index (χ3v) is 4.17. The van der Waals surface area contributed by atoms with Gasteiger partial charge < -0.3 is 10.6 Å². The molecule has 23 heavy (non-hydrogen) atoms. The van der Waals surface area contributed by atoms with E-state index in [2.05, 4.69) is 15.1 Å². The van der Waals surface area contributed by atoms with Gasteiger partial charge in [-0.05, 0) is 33.3 Å². The second-order valence-corrected chi connectivity index (χ2v) is 5.93. The molecule has 122 valence electrons. The third-order valence-electron chi connectivity index (χ3n) is 4.17. The van der Waals surface area contributed by atoms with Crippen molar-refractivity contribution in [3.05, 3.63) is 39.1 Å². The molecule has 1 atom stereocenters. The molecule has 0 radical (unpaired) electrons. The van der Waals surface area contributed by atoms with E-state index >= 15 is 0 Å². The number of nitrogens with one attached hydrogen (secondary N) is 1. The van der Waals surface area contributed by atoms with Crippen molar-refractivity contribution in [3.63, 3.8) is 0 Å². The Bertz CT molecular complexity index is 822. The SMILES string of the molecule is Cc1cc(C)n([C@H](C)C(=O)N2CCc3c(nc(N)[nH]c3=O)C2)n1. The highest BCUT2D eigenvalue weighted by Crippen LogP contribution is 2.19. The van der Waals surface area contributed by atoms with Gasteiger partial charge in [0.25, 0.3) is 5.56 Å². The van der Waals surface area contributed by atoms with Gasteiger partial charge in [-0.1, -0.05) is 0 Å². The quantitative estimate of drug-likeness (QED) is 0.828. The summed E-state index contributed by atoms with van der Waals surface area (Å²) in [6.07, 6.45) is 0.480. The van der Waals surface area contributed by atoms with Gasteiger partial charge in [0.05, 0.1) is 17.9 Å². The molecule has 0 bridgehead atoms. The lowest BCUT2D eigenvalue weighted by Crippen LogP contribution is -2.42. The zero-order valence-electron chi connectivity index (χ0n) is 13.5. The molecule has 0 spiro atoms. The summed E-state index contributed by atoms with van der Waals surface area (Å²) in [5.74, 6) is 0.0390. The third kappa shape index (κ3) is 2.71. The fourth-order valence-electron chi connectivity index (χ4n) is 3.05. The molecular weight excluding hydrogens is 296 g/mol. The Morgan fingerprint density at radius 1 is 1.43 bits per heavy atom. The van der Waals surface area contributed by atoms with Crippen LogP contribution in [0.4, 0.5) is 5.95 Å². The molecule has 0 unspecified atom stereocenters. The smallest absolute Gasteiger partial charge is 0.255 e. The molecule has 0 fully saturated rings. The van der Waals surface area contributed by atoms with Crippen LogP contribution >= 0.6 is 0 Å². The van der Waals surface area contributed by atoms with Gasteiger partial charge in [0.2, 0.25) is 11.9 Å². The van der Waals surface area contributed by atoms with Crippen molar-refractivity contribution in [1.82, 2.24) is 24.6 Å². The average Bonchev–Trinajstić information content (AvgIpc) is 2.83. The van der Waals surface area contributed by atoms with E-state index in [0.717, 1.165) is 11.4 Å². The number of hydrogen-bond acceptors (Lipinski definition) is 5. The highest BCUT2D eigenvalue weighted by molar-refractivity contribution is 5.80. The summed E-state index contributed by atoms with van der Waals surface area (Å²) >= 11 is 0. The van der Waals surface area contributed by atoms with Gasteiger partial charge in [0.15, 0.2) is 0 Å². The van der Waals surface area contributed by atoms with E-state index in [1.807, 2.05) is 26.8 Å². The maximum absolute atomic E-state index is 12.8. The van der Waals surface area contributed by atoms with Gasteiger partial charge in [-0.3, -0.25) is 19.3 Å². The van der Waals surface area contributed by atoms with Crippen molar-refractivity contribution < 1.29 is 4.79 Å². The number of aromatic amines is 1. The Kier molecular flexibility index (Phi) is 3.67. The molecule has 1 amide bonds. The van der Waals surface area contributed by atoms with Crippen LogP contribution in [0, 0.1) is 13.8 Å². The van der Waals surface area contributed by atoms with E-state index in [4.69, 9.17) is 5.73 Å². The lowest BCUT2D eigenvalue weighted by Gasteiger charge is -2.30. The summed E-state index contributed by atoms with van der Waals surface area (Å²) in [6, 6.07) is 1.54. The molecule has 2 aromatic rings. The molecule has 1 aliphatic heterocycles. The first-order chi connectivity index (χ1) is 10.9. The Labute approximate surface area is 133 Å². The minimum absolute atomic E-state index is 0.0393. The Hall–Kier alpha value is -2.64. The Morgan fingerprint density at radius 3 is 2.83 bits per heavy atom. The summed E-state index contributed by atoms with van der Waals surface area (Å²) in [5.41, 5.74) is 8.39. The maximum Gasteiger partial charge on any atom is 0.255 e. The van der Waals surface area contributed by atoms with Gasteiger partial charge in [-0.2, -0.15) is 5.10 Å².